The molecule has 0 radical (unpaired) electrons. The molecule has 2 atom stereocenters. The number of ether oxygens (including phenoxy) is 1. The van der Waals surface area contributed by atoms with E-state index < -0.39 is 0 Å². The molecule has 2 unspecified atom stereocenters. The lowest BCUT2D eigenvalue weighted by Crippen LogP contribution is -2.06. The molecule has 3 heteroatoms. The minimum Gasteiger partial charge on any atom is -0.469 e. The number of methoxy groups -OCH3 is 1. The lowest BCUT2D eigenvalue weighted by molar-refractivity contribution is -0.140. The first kappa shape index (κ1) is 21.9. The van der Waals surface area contributed by atoms with Gasteiger partial charge in [0.25, 0.3) is 0 Å². The smallest absolute Gasteiger partial charge is 0.306 e. The summed E-state index contributed by atoms with van der Waals surface area (Å²) < 4.78 is 4.72. The molecule has 1 saturated heterocycles. The van der Waals surface area contributed by atoms with Crippen molar-refractivity contribution in [2.75, 3.05) is 7.11 Å². The molecule has 0 bridgehead atoms. The monoisotopic (exact) mass is 356 g/mol. The van der Waals surface area contributed by atoms with E-state index in [2.05, 4.69) is 6.92 Å². The first-order chi connectivity index (χ1) is 11.8. The van der Waals surface area contributed by atoms with E-state index in [1.54, 1.807) is 0 Å². The number of rotatable bonds is 17. The standard InChI is InChI=1S/C21H40O2S/c1-3-4-5-6-7-8-9-10-11-12-13-14-15-16-17-19-20(24-19)18-21(22)23-2/h19-20H,3-18H2,1-2H3. The van der Waals surface area contributed by atoms with Crippen molar-refractivity contribution in [2.24, 2.45) is 0 Å². The van der Waals surface area contributed by atoms with Crippen molar-refractivity contribution in [3.63, 3.8) is 0 Å². The zero-order valence-electron chi connectivity index (χ0n) is 16.2. The Morgan fingerprint density at radius 3 is 1.67 bits per heavy atom. The van der Waals surface area contributed by atoms with E-state index in [1.165, 1.54) is 103 Å². The summed E-state index contributed by atoms with van der Waals surface area (Å²) in [6.45, 7) is 2.28. The van der Waals surface area contributed by atoms with Gasteiger partial charge in [-0.3, -0.25) is 4.79 Å². The Hall–Kier alpha value is -0.180. The van der Waals surface area contributed by atoms with Crippen LogP contribution in [0.5, 0.6) is 0 Å². The van der Waals surface area contributed by atoms with Crippen LogP contribution in [-0.4, -0.2) is 23.6 Å². The molecule has 0 N–H and O–H groups in total. The number of carbonyl (C=O) groups excluding carboxylic acids is 1. The molecule has 1 rings (SSSR count). The normalized spacial score (nSPS) is 19.4. The molecule has 1 aliphatic heterocycles. The lowest BCUT2D eigenvalue weighted by Gasteiger charge is -2.03. The van der Waals surface area contributed by atoms with Gasteiger partial charge < -0.3 is 4.74 Å². The average Bonchev–Trinajstić information content (AvgIpc) is 3.32. The van der Waals surface area contributed by atoms with Crippen LogP contribution in [0.25, 0.3) is 0 Å². The summed E-state index contributed by atoms with van der Waals surface area (Å²) in [6, 6.07) is 0. The number of unbranched alkanes of at least 4 members (excludes halogenated alkanes) is 13. The topological polar surface area (TPSA) is 26.3 Å². The van der Waals surface area contributed by atoms with Crippen LogP contribution in [0.2, 0.25) is 0 Å². The Kier molecular flexibility index (Phi) is 13.8. The van der Waals surface area contributed by atoms with Crippen molar-refractivity contribution in [1.82, 2.24) is 0 Å². The molecule has 142 valence electrons. The summed E-state index contributed by atoms with van der Waals surface area (Å²) in [7, 11) is 1.48. The van der Waals surface area contributed by atoms with Crippen LogP contribution in [0.3, 0.4) is 0 Å². The molecule has 0 aliphatic carbocycles. The quantitative estimate of drug-likeness (QED) is 0.161. The van der Waals surface area contributed by atoms with E-state index >= 15 is 0 Å². The molecule has 0 saturated carbocycles. The van der Waals surface area contributed by atoms with Crippen molar-refractivity contribution in [1.29, 1.82) is 0 Å². The second-order valence-electron chi connectivity index (χ2n) is 7.38. The summed E-state index contributed by atoms with van der Waals surface area (Å²) >= 11 is 1.96. The lowest BCUT2D eigenvalue weighted by atomic mass is 10.0. The molecule has 0 aromatic heterocycles. The van der Waals surface area contributed by atoms with Gasteiger partial charge in [-0.15, -0.1) is 0 Å². The van der Waals surface area contributed by atoms with Crippen molar-refractivity contribution in [3.05, 3.63) is 0 Å². The Balaban J connectivity index is 1.71. The number of esters is 1. The fraction of sp³-hybridized carbons (Fsp3) is 0.952. The summed E-state index contributed by atoms with van der Waals surface area (Å²) in [5, 5.41) is 1.29. The van der Waals surface area contributed by atoms with Crippen LogP contribution in [0, 0.1) is 0 Å². The summed E-state index contributed by atoms with van der Waals surface area (Å²) in [6.07, 6.45) is 21.8. The van der Waals surface area contributed by atoms with Crippen molar-refractivity contribution in [3.8, 4) is 0 Å². The van der Waals surface area contributed by atoms with E-state index in [0.717, 1.165) is 5.25 Å². The van der Waals surface area contributed by atoms with E-state index in [0.29, 0.717) is 11.7 Å². The van der Waals surface area contributed by atoms with Crippen LogP contribution >= 0.6 is 11.8 Å². The van der Waals surface area contributed by atoms with E-state index in [9.17, 15) is 4.79 Å². The van der Waals surface area contributed by atoms with Gasteiger partial charge in [-0.25, -0.2) is 0 Å². The Labute approximate surface area is 154 Å². The predicted octanol–water partition coefficient (Wildman–Crippen LogP) is 6.90. The van der Waals surface area contributed by atoms with Gasteiger partial charge in [0.1, 0.15) is 0 Å². The van der Waals surface area contributed by atoms with E-state index in [1.807, 2.05) is 11.8 Å². The summed E-state index contributed by atoms with van der Waals surface area (Å²) in [4.78, 5) is 11.2. The second kappa shape index (κ2) is 15.1. The van der Waals surface area contributed by atoms with Crippen molar-refractivity contribution < 1.29 is 9.53 Å². The SMILES string of the molecule is CCCCCCCCCCCCCCCCC1SC1CC(=O)OC. The second-order valence-corrected chi connectivity index (χ2v) is 8.86. The number of carbonyl (C=O) groups is 1. The molecule has 0 spiro atoms. The number of hydrogen-bond acceptors (Lipinski definition) is 3. The highest BCUT2D eigenvalue weighted by molar-refractivity contribution is 8.07. The fourth-order valence-corrected chi connectivity index (χ4v) is 4.53. The maximum absolute atomic E-state index is 11.2. The average molecular weight is 357 g/mol. The van der Waals surface area contributed by atoms with Gasteiger partial charge in [0, 0.05) is 10.5 Å². The van der Waals surface area contributed by atoms with Crippen LogP contribution in [0.4, 0.5) is 0 Å². The molecule has 0 aromatic rings. The highest BCUT2D eigenvalue weighted by Crippen LogP contribution is 2.46. The predicted molar refractivity (Wildman–Crippen MR) is 107 cm³/mol. The Bertz CT molecular complexity index is 306. The molecule has 0 aromatic carbocycles. The largest absolute Gasteiger partial charge is 0.469 e. The molecule has 1 aliphatic rings. The molecular weight excluding hydrogens is 316 g/mol. The van der Waals surface area contributed by atoms with Crippen molar-refractivity contribution in [2.45, 2.75) is 120 Å². The Morgan fingerprint density at radius 1 is 0.750 bits per heavy atom. The first-order valence-corrected chi connectivity index (χ1v) is 11.4. The number of hydrogen-bond donors (Lipinski definition) is 0. The summed E-state index contributed by atoms with van der Waals surface area (Å²) in [5.74, 6) is -0.0454. The van der Waals surface area contributed by atoms with Crippen LogP contribution in [0.15, 0.2) is 0 Å². The van der Waals surface area contributed by atoms with Gasteiger partial charge in [-0.2, -0.15) is 11.8 Å². The van der Waals surface area contributed by atoms with E-state index in [-0.39, 0.29) is 5.97 Å². The van der Waals surface area contributed by atoms with Gasteiger partial charge >= 0.3 is 5.97 Å². The highest BCUT2D eigenvalue weighted by Gasteiger charge is 2.39. The van der Waals surface area contributed by atoms with Crippen LogP contribution in [0.1, 0.15) is 110 Å². The maximum atomic E-state index is 11.2. The minimum absolute atomic E-state index is 0.0454. The Morgan fingerprint density at radius 2 is 1.21 bits per heavy atom. The van der Waals surface area contributed by atoms with Crippen LogP contribution in [-0.2, 0) is 9.53 Å². The van der Waals surface area contributed by atoms with Gasteiger partial charge in [0.15, 0.2) is 0 Å². The van der Waals surface area contributed by atoms with Gasteiger partial charge in [0.2, 0.25) is 0 Å². The molecule has 2 nitrogen and oxygen atoms in total. The van der Waals surface area contributed by atoms with Gasteiger partial charge in [-0.05, 0) is 6.42 Å². The summed E-state index contributed by atoms with van der Waals surface area (Å²) in [5.41, 5.74) is 0. The zero-order chi connectivity index (χ0) is 17.5. The minimum atomic E-state index is -0.0454. The van der Waals surface area contributed by atoms with Crippen LogP contribution < -0.4 is 0 Å². The van der Waals surface area contributed by atoms with Gasteiger partial charge in [-0.1, -0.05) is 96.8 Å². The zero-order valence-corrected chi connectivity index (χ0v) is 17.0. The molecule has 0 amide bonds. The van der Waals surface area contributed by atoms with Crippen molar-refractivity contribution >= 4 is 17.7 Å². The first-order valence-electron chi connectivity index (χ1n) is 10.5. The molecule has 24 heavy (non-hydrogen) atoms. The third-order valence-corrected chi connectivity index (χ3v) is 6.57. The molecule has 1 fully saturated rings. The highest BCUT2D eigenvalue weighted by atomic mass is 32.2. The maximum Gasteiger partial charge on any atom is 0.306 e. The third-order valence-electron chi connectivity index (χ3n) is 5.13. The molecular formula is C21H40O2S. The number of thioether (sulfide) groups is 1. The molecule has 1 heterocycles. The van der Waals surface area contributed by atoms with E-state index in [4.69, 9.17) is 4.74 Å². The van der Waals surface area contributed by atoms with Gasteiger partial charge in [0.05, 0.1) is 13.5 Å². The fourth-order valence-electron chi connectivity index (χ4n) is 3.40. The third kappa shape index (κ3) is 12.2.